The fourth-order valence-corrected chi connectivity index (χ4v) is 1.65. The molecule has 0 aliphatic heterocycles. The van der Waals surface area contributed by atoms with E-state index in [1.807, 2.05) is 0 Å². The second kappa shape index (κ2) is 8.72. The van der Waals surface area contributed by atoms with Gasteiger partial charge in [-0.25, -0.2) is 4.74 Å². The van der Waals surface area contributed by atoms with Crippen molar-refractivity contribution >= 4 is 73.1 Å². The number of hydrogen-bond donors (Lipinski definition) is 1. The van der Waals surface area contributed by atoms with Crippen LogP contribution in [0.2, 0.25) is 0 Å². The van der Waals surface area contributed by atoms with E-state index in [0.717, 1.165) is 0 Å². The van der Waals surface area contributed by atoms with Crippen molar-refractivity contribution in [3.63, 3.8) is 0 Å². The number of halogens is 17. The molecule has 4 nitrogen and oxygen atoms in total. The van der Waals surface area contributed by atoms with Crippen molar-refractivity contribution in [1.82, 2.24) is 0 Å². The summed E-state index contributed by atoms with van der Waals surface area (Å²) in [4.78, 5) is 0. The van der Waals surface area contributed by atoms with Gasteiger partial charge < -0.3 is 0 Å². The molecule has 0 heterocycles. The van der Waals surface area contributed by atoms with E-state index in [0.29, 0.717) is 0 Å². The van der Waals surface area contributed by atoms with Gasteiger partial charge in [-0.1, -0.05) is 0 Å². The van der Waals surface area contributed by atoms with E-state index in [-0.39, 0.29) is 51.4 Å². The van der Waals surface area contributed by atoms with Gasteiger partial charge in [0.25, 0.3) is 0 Å². The minimum absolute atomic E-state index is 0. The Kier molecular flexibility index (Phi) is 9.52. The normalized spacial score (nSPS) is 16.2. The molecule has 0 saturated carbocycles. The standard InChI is InChI=1S/C8HClF16O4S.K.H/c9-5(18,19)3(14,15)1(10,11)2(12,13)4(16,17)6(20,21)29-7(22,23)8(24,25)30(26,27)28;;/h(H,26,27,28);;. The van der Waals surface area contributed by atoms with Crippen molar-refractivity contribution in [1.29, 1.82) is 0 Å². The van der Waals surface area contributed by atoms with Crippen LogP contribution < -0.4 is 0 Å². The molecule has 0 unspecified atom stereocenters. The molecule has 0 aliphatic rings. The number of alkyl halides is 17. The van der Waals surface area contributed by atoms with Gasteiger partial charge in [-0.15, -0.1) is 0 Å². The van der Waals surface area contributed by atoms with Crippen LogP contribution in [0.15, 0.2) is 0 Å². The van der Waals surface area contributed by atoms with Crippen LogP contribution in [0.3, 0.4) is 0 Å². The van der Waals surface area contributed by atoms with Gasteiger partial charge in [0, 0.05) is 0 Å². The van der Waals surface area contributed by atoms with Crippen molar-refractivity contribution in [3.05, 3.63) is 0 Å². The molecule has 1 N–H and O–H groups in total. The molecular weight excluding hydrogens is 571 g/mol. The zero-order valence-electron chi connectivity index (χ0n) is 12.5. The molecule has 0 rings (SSSR count). The Morgan fingerprint density at radius 3 is 1.13 bits per heavy atom. The topological polar surface area (TPSA) is 63.6 Å². The number of rotatable bonds is 9. The van der Waals surface area contributed by atoms with Gasteiger partial charge in [0.05, 0.1) is 0 Å². The third-order valence-corrected chi connectivity index (χ3v) is 3.95. The third-order valence-electron chi connectivity index (χ3n) is 2.82. The first kappa shape index (κ1) is 33.8. The fourth-order valence-electron chi connectivity index (χ4n) is 1.19. The summed E-state index contributed by atoms with van der Waals surface area (Å²) in [5, 5.41) is -14.2. The fraction of sp³-hybridized carbons (Fsp3) is 1.00. The van der Waals surface area contributed by atoms with Gasteiger partial charge in [-0.05, 0) is 11.6 Å². The molecule has 0 bridgehead atoms. The van der Waals surface area contributed by atoms with Crippen LogP contribution in [0.25, 0.3) is 0 Å². The Hall–Kier alpha value is 0.676. The second-order valence-electron chi connectivity index (χ2n) is 4.92. The average molecular weight is 573 g/mol. The van der Waals surface area contributed by atoms with E-state index in [1.165, 1.54) is 4.74 Å². The first-order chi connectivity index (χ1) is 12.5. The van der Waals surface area contributed by atoms with Crippen LogP contribution >= 0.6 is 11.6 Å². The van der Waals surface area contributed by atoms with Crippen LogP contribution in [-0.2, 0) is 14.9 Å². The molecule has 23 heteroatoms. The summed E-state index contributed by atoms with van der Waals surface area (Å²) in [6.07, 6.45) is -15.7. The zero-order valence-corrected chi connectivity index (χ0v) is 14.1. The van der Waals surface area contributed by atoms with E-state index in [9.17, 15) is 78.7 Å². The Bertz CT molecular complexity index is 762. The Morgan fingerprint density at radius 2 is 0.871 bits per heavy atom. The molecule has 0 spiro atoms. The Balaban J connectivity index is 0. The van der Waals surface area contributed by atoms with Crippen LogP contribution in [-0.4, -0.2) is 111 Å². The molecular formula is C8H2ClF16KO4S. The zero-order chi connectivity index (χ0) is 25.2. The predicted molar refractivity (Wildman–Crippen MR) is 65.2 cm³/mol. The summed E-state index contributed by atoms with van der Waals surface area (Å²) in [5.74, 6) is -33.1. The Morgan fingerprint density at radius 1 is 0.581 bits per heavy atom. The van der Waals surface area contributed by atoms with E-state index in [1.54, 1.807) is 0 Å². The molecule has 0 aromatic rings. The van der Waals surface area contributed by atoms with E-state index in [2.05, 4.69) is 11.6 Å². The first-order valence-electron chi connectivity index (χ1n) is 5.84. The van der Waals surface area contributed by atoms with Gasteiger partial charge in [-0.2, -0.15) is 78.7 Å². The summed E-state index contributed by atoms with van der Waals surface area (Å²) in [7, 11) is -7.54. The summed E-state index contributed by atoms with van der Waals surface area (Å²) < 4.78 is 234. The predicted octanol–water partition coefficient (Wildman–Crippen LogP) is 4.39. The summed E-state index contributed by atoms with van der Waals surface area (Å²) in [5.41, 5.74) is 0. The second-order valence-corrected chi connectivity index (χ2v) is 6.86. The molecule has 0 aliphatic carbocycles. The quantitative estimate of drug-likeness (QED) is 0.193. The summed E-state index contributed by atoms with van der Waals surface area (Å²) >= 11 is 3.32. The van der Waals surface area contributed by atoms with Gasteiger partial charge >= 0.3 is 108 Å². The van der Waals surface area contributed by atoms with E-state index >= 15 is 0 Å². The monoisotopic (exact) mass is 572 g/mol. The number of hydrogen-bond acceptors (Lipinski definition) is 3. The molecule has 0 fully saturated rings. The summed E-state index contributed by atoms with van der Waals surface area (Å²) in [6, 6.07) is 0. The van der Waals surface area contributed by atoms with Crippen molar-refractivity contribution in [2.75, 3.05) is 0 Å². The number of ether oxygens (including phenoxy) is 1. The van der Waals surface area contributed by atoms with E-state index < -0.39 is 56.7 Å². The minimum atomic E-state index is -8.51. The van der Waals surface area contributed by atoms with E-state index in [4.69, 9.17) is 4.55 Å². The van der Waals surface area contributed by atoms with Crippen molar-refractivity contribution in [3.8, 4) is 0 Å². The molecule has 0 aromatic carbocycles. The van der Waals surface area contributed by atoms with Crippen molar-refractivity contribution in [2.45, 2.75) is 46.5 Å². The summed E-state index contributed by atoms with van der Waals surface area (Å²) in [6.45, 7) is 0. The van der Waals surface area contributed by atoms with Crippen molar-refractivity contribution in [2.24, 2.45) is 0 Å². The molecule has 0 saturated heterocycles. The molecule has 0 atom stereocenters. The van der Waals surface area contributed by atoms with Gasteiger partial charge in [0.1, 0.15) is 0 Å². The maximum atomic E-state index is 13.1. The molecule has 0 aromatic heterocycles. The van der Waals surface area contributed by atoms with Gasteiger partial charge in [0.15, 0.2) is 0 Å². The average Bonchev–Trinajstić information content (AvgIpc) is 2.42. The molecule has 0 radical (unpaired) electrons. The molecule has 184 valence electrons. The van der Waals surface area contributed by atoms with Gasteiger partial charge in [0.2, 0.25) is 0 Å². The SMILES string of the molecule is O=S(=O)(O)C(F)(F)C(F)(F)OC(F)(F)C(F)(F)C(F)(F)C(F)(F)C(F)(F)C(F)(F)Cl.[KH]. The molecule has 0 amide bonds. The first-order valence-corrected chi connectivity index (χ1v) is 7.66. The maximum absolute atomic E-state index is 13.1. The third kappa shape index (κ3) is 5.20. The van der Waals surface area contributed by atoms with Crippen LogP contribution in [0, 0.1) is 0 Å². The van der Waals surface area contributed by atoms with Crippen molar-refractivity contribution < 1.29 is 88.0 Å². The van der Waals surface area contributed by atoms with Crippen LogP contribution in [0.1, 0.15) is 0 Å². The van der Waals surface area contributed by atoms with Crippen LogP contribution in [0.4, 0.5) is 70.2 Å². The van der Waals surface area contributed by atoms with Crippen LogP contribution in [0.5, 0.6) is 0 Å². The molecule has 31 heavy (non-hydrogen) atoms. The van der Waals surface area contributed by atoms with Gasteiger partial charge in [-0.3, -0.25) is 4.55 Å². The Labute approximate surface area is 206 Å².